The van der Waals surface area contributed by atoms with Crippen LogP contribution in [0.4, 0.5) is 0 Å². The third kappa shape index (κ3) is 3.58. The van der Waals surface area contributed by atoms with E-state index in [1.807, 2.05) is 35.3 Å². The van der Waals surface area contributed by atoms with E-state index < -0.39 is 17.1 Å². The quantitative estimate of drug-likeness (QED) is 0.347. The second-order valence-electron chi connectivity index (χ2n) is 4.07. The van der Waals surface area contributed by atoms with Crippen LogP contribution in [0.3, 0.4) is 0 Å². The number of hydrogen-bond donors (Lipinski definition) is 4. The molecule has 1 aromatic heterocycles. The molecule has 0 atom stereocenters. The Morgan fingerprint density at radius 2 is 1.95 bits per heavy atom. The van der Waals surface area contributed by atoms with Crippen LogP contribution in [0.2, 0.25) is 0 Å². The summed E-state index contributed by atoms with van der Waals surface area (Å²) in [7, 11) is 0. The van der Waals surface area contributed by atoms with E-state index in [0.29, 0.717) is 6.54 Å². The third-order valence-corrected chi connectivity index (χ3v) is 2.61. The number of aromatic amines is 2. The zero-order valence-electron chi connectivity index (χ0n) is 10.6. The van der Waals surface area contributed by atoms with Crippen molar-refractivity contribution >= 4 is 6.21 Å². The third-order valence-electron chi connectivity index (χ3n) is 2.61. The van der Waals surface area contributed by atoms with E-state index in [1.54, 1.807) is 0 Å². The van der Waals surface area contributed by atoms with Gasteiger partial charge in [-0.25, -0.2) is 4.79 Å². The zero-order chi connectivity index (χ0) is 14.4. The Morgan fingerprint density at radius 3 is 2.65 bits per heavy atom. The zero-order valence-corrected chi connectivity index (χ0v) is 10.6. The lowest BCUT2D eigenvalue weighted by atomic mass is 10.2. The Kier molecular flexibility index (Phi) is 4.33. The molecule has 0 aliphatic heterocycles. The number of benzene rings is 1. The SMILES string of the molecule is O=c1[nH]c(O)c(C=NNCCc2ccccc2)c(=O)[nH]1. The Hall–Kier alpha value is -2.83. The number of aromatic nitrogens is 2. The van der Waals surface area contributed by atoms with Gasteiger partial charge in [-0.3, -0.25) is 14.8 Å². The fraction of sp³-hybridized carbons (Fsp3) is 0.154. The van der Waals surface area contributed by atoms with Crippen LogP contribution >= 0.6 is 0 Å². The van der Waals surface area contributed by atoms with Crippen LogP contribution in [0.5, 0.6) is 5.88 Å². The second-order valence-corrected chi connectivity index (χ2v) is 4.07. The van der Waals surface area contributed by atoms with Crippen molar-refractivity contribution in [2.45, 2.75) is 6.42 Å². The van der Waals surface area contributed by atoms with Gasteiger partial charge in [0.05, 0.1) is 6.21 Å². The summed E-state index contributed by atoms with van der Waals surface area (Å²) in [5.74, 6) is -0.507. The topological polar surface area (TPSA) is 110 Å². The fourth-order valence-electron chi connectivity index (χ4n) is 1.62. The van der Waals surface area contributed by atoms with Crippen molar-refractivity contribution in [3.05, 3.63) is 62.3 Å². The van der Waals surface area contributed by atoms with Gasteiger partial charge in [-0.1, -0.05) is 30.3 Å². The summed E-state index contributed by atoms with van der Waals surface area (Å²) in [6.45, 7) is 0.586. The van der Waals surface area contributed by atoms with Gasteiger partial charge in [-0.15, -0.1) is 0 Å². The molecule has 0 bridgehead atoms. The van der Waals surface area contributed by atoms with Crippen molar-refractivity contribution in [2.24, 2.45) is 5.10 Å². The van der Waals surface area contributed by atoms with E-state index in [2.05, 4.69) is 15.5 Å². The molecule has 7 nitrogen and oxygen atoms in total. The molecule has 1 aromatic carbocycles. The minimum Gasteiger partial charge on any atom is -0.494 e. The van der Waals surface area contributed by atoms with Crippen LogP contribution in [0, 0.1) is 0 Å². The lowest BCUT2D eigenvalue weighted by molar-refractivity contribution is 0.447. The molecule has 1 heterocycles. The molecular weight excluding hydrogens is 260 g/mol. The van der Waals surface area contributed by atoms with Crippen molar-refractivity contribution in [3.63, 3.8) is 0 Å². The van der Waals surface area contributed by atoms with E-state index in [0.717, 1.165) is 12.6 Å². The van der Waals surface area contributed by atoms with Gasteiger partial charge in [0.15, 0.2) is 0 Å². The molecular formula is C13H14N4O3. The summed E-state index contributed by atoms with van der Waals surface area (Å²) >= 11 is 0. The maximum absolute atomic E-state index is 11.4. The van der Waals surface area contributed by atoms with Crippen molar-refractivity contribution in [1.82, 2.24) is 15.4 Å². The van der Waals surface area contributed by atoms with Gasteiger partial charge in [0, 0.05) is 6.54 Å². The summed E-state index contributed by atoms with van der Waals surface area (Å²) in [6, 6.07) is 9.86. The van der Waals surface area contributed by atoms with Gasteiger partial charge >= 0.3 is 5.69 Å². The molecule has 20 heavy (non-hydrogen) atoms. The molecule has 4 N–H and O–H groups in total. The normalized spacial score (nSPS) is 10.8. The molecule has 0 saturated heterocycles. The number of hydrazone groups is 1. The molecule has 0 aliphatic carbocycles. The molecule has 0 amide bonds. The van der Waals surface area contributed by atoms with Crippen LogP contribution in [0.25, 0.3) is 0 Å². The highest BCUT2D eigenvalue weighted by Crippen LogP contribution is 2.00. The van der Waals surface area contributed by atoms with E-state index in [1.165, 1.54) is 5.56 Å². The molecule has 2 rings (SSSR count). The van der Waals surface area contributed by atoms with Crippen molar-refractivity contribution in [3.8, 4) is 5.88 Å². The summed E-state index contributed by atoms with van der Waals surface area (Å²) in [6.07, 6.45) is 1.95. The van der Waals surface area contributed by atoms with Gasteiger partial charge in [0.25, 0.3) is 5.56 Å². The summed E-state index contributed by atoms with van der Waals surface area (Å²) in [4.78, 5) is 26.3. The highest BCUT2D eigenvalue weighted by Gasteiger charge is 2.04. The Morgan fingerprint density at radius 1 is 1.20 bits per heavy atom. The maximum Gasteiger partial charge on any atom is 0.328 e. The van der Waals surface area contributed by atoms with Crippen LogP contribution in [0.1, 0.15) is 11.1 Å². The standard InChI is InChI=1S/C13H14N4O3/c18-11-10(12(19)17-13(20)16-11)8-15-14-7-6-9-4-2-1-3-5-9/h1-5,8,14H,6-7H2,(H3,16,17,18,19,20). The number of hydrogen-bond acceptors (Lipinski definition) is 5. The number of aromatic hydroxyl groups is 1. The molecule has 0 radical (unpaired) electrons. The van der Waals surface area contributed by atoms with Crippen LogP contribution in [0.15, 0.2) is 45.0 Å². The molecule has 2 aromatic rings. The maximum atomic E-state index is 11.4. The average Bonchev–Trinajstić information content (AvgIpc) is 2.42. The van der Waals surface area contributed by atoms with Gasteiger partial charge in [0.1, 0.15) is 5.56 Å². The highest BCUT2D eigenvalue weighted by molar-refractivity contribution is 5.81. The predicted octanol–water partition coefficient (Wildman–Crippen LogP) is -0.0650. The molecule has 0 fully saturated rings. The Bertz CT molecular complexity index is 704. The molecule has 0 saturated carbocycles. The average molecular weight is 274 g/mol. The first-order chi connectivity index (χ1) is 9.66. The van der Waals surface area contributed by atoms with Crippen LogP contribution in [-0.2, 0) is 6.42 Å². The summed E-state index contributed by atoms with van der Waals surface area (Å²) in [5.41, 5.74) is 2.37. The predicted molar refractivity (Wildman–Crippen MR) is 75.1 cm³/mol. The first-order valence-corrected chi connectivity index (χ1v) is 6.02. The molecule has 7 heteroatoms. The summed E-state index contributed by atoms with van der Waals surface area (Å²) < 4.78 is 0. The van der Waals surface area contributed by atoms with E-state index in [4.69, 9.17) is 0 Å². The number of nitrogens with zero attached hydrogens (tertiary/aromatic N) is 1. The lowest BCUT2D eigenvalue weighted by Gasteiger charge is -2.01. The van der Waals surface area contributed by atoms with E-state index >= 15 is 0 Å². The minimum atomic E-state index is -0.762. The lowest BCUT2D eigenvalue weighted by Crippen LogP contribution is -2.25. The molecule has 0 spiro atoms. The monoisotopic (exact) mass is 274 g/mol. The fourth-order valence-corrected chi connectivity index (χ4v) is 1.62. The van der Waals surface area contributed by atoms with Crippen molar-refractivity contribution in [2.75, 3.05) is 6.54 Å². The molecule has 104 valence electrons. The van der Waals surface area contributed by atoms with Gasteiger partial charge in [0.2, 0.25) is 5.88 Å². The Labute approximate surface area is 114 Å². The van der Waals surface area contributed by atoms with Crippen molar-refractivity contribution in [1.29, 1.82) is 0 Å². The van der Waals surface area contributed by atoms with Crippen LogP contribution < -0.4 is 16.7 Å². The largest absolute Gasteiger partial charge is 0.494 e. The first kappa shape index (κ1) is 13.6. The number of rotatable bonds is 5. The molecule has 0 unspecified atom stereocenters. The molecule has 0 aliphatic rings. The second kappa shape index (κ2) is 6.37. The van der Waals surface area contributed by atoms with E-state index in [-0.39, 0.29) is 5.56 Å². The first-order valence-electron chi connectivity index (χ1n) is 6.02. The summed E-state index contributed by atoms with van der Waals surface area (Å²) in [5, 5.41) is 13.2. The van der Waals surface area contributed by atoms with Crippen LogP contribution in [-0.4, -0.2) is 27.8 Å². The van der Waals surface area contributed by atoms with Gasteiger partial charge in [-0.05, 0) is 12.0 Å². The minimum absolute atomic E-state index is 0.100. The number of nitrogens with one attached hydrogen (secondary N) is 3. The van der Waals surface area contributed by atoms with Crippen molar-refractivity contribution < 1.29 is 5.11 Å². The number of H-pyrrole nitrogens is 2. The van der Waals surface area contributed by atoms with E-state index in [9.17, 15) is 14.7 Å². The smallest absolute Gasteiger partial charge is 0.328 e. The van der Waals surface area contributed by atoms with Gasteiger partial charge < -0.3 is 10.5 Å². The Balaban J connectivity index is 1.91. The highest BCUT2D eigenvalue weighted by atomic mass is 16.3. The van der Waals surface area contributed by atoms with Gasteiger partial charge in [-0.2, -0.15) is 5.10 Å².